The molecule has 3 heterocycles. The molecule has 0 radical (unpaired) electrons. The van der Waals surface area contributed by atoms with Crippen LogP contribution in [0.5, 0.6) is 0 Å². The quantitative estimate of drug-likeness (QED) is 0.489. The lowest BCUT2D eigenvalue weighted by Gasteiger charge is -2.36. The lowest BCUT2D eigenvalue weighted by atomic mass is 9.96. The van der Waals surface area contributed by atoms with Gasteiger partial charge in [-0.15, -0.1) is 0 Å². The van der Waals surface area contributed by atoms with Gasteiger partial charge in [0.1, 0.15) is 6.04 Å². The Hall–Kier alpha value is -3.95. The second-order valence-corrected chi connectivity index (χ2v) is 11.4. The van der Waals surface area contributed by atoms with Crippen LogP contribution >= 0.6 is 11.6 Å². The maximum Gasteiger partial charge on any atom is 0.264 e. The Labute approximate surface area is 243 Å². The van der Waals surface area contributed by atoms with Crippen LogP contribution in [-0.4, -0.2) is 78.7 Å². The van der Waals surface area contributed by atoms with Crippen LogP contribution < -0.4 is 15.5 Å². The maximum absolute atomic E-state index is 13.3. The van der Waals surface area contributed by atoms with Gasteiger partial charge in [-0.05, 0) is 60.7 Å². The number of piperidine rings is 1. The molecule has 4 amide bonds. The molecule has 2 N–H and O–H groups in total. The molecule has 2 saturated heterocycles. The molecule has 212 valence electrons. The Balaban J connectivity index is 1.01. The lowest BCUT2D eigenvalue weighted by Crippen LogP contribution is -2.54. The van der Waals surface area contributed by atoms with Crippen LogP contribution in [0.25, 0.3) is 0 Å². The number of carbonyl (C=O) groups excluding carboxylic acids is 4. The zero-order valence-electron chi connectivity index (χ0n) is 22.6. The molecule has 0 bridgehead atoms. The number of amides is 4. The summed E-state index contributed by atoms with van der Waals surface area (Å²) in [7, 11) is 0. The minimum Gasteiger partial charge on any atom is -0.384 e. The summed E-state index contributed by atoms with van der Waals surface area (Å²) < 4.78 is 0. The number of anilines is 2. The number of rotatable bonds is 7. The van der Waals surface area contributed by atoms with Crippen molar-refractivity contribution in [2.45, 2.75) is 25.3 Å². The van der Waals surface area contributed by atoms with E-state index in [0.29, 0.717) is 12.2 Å². The molecule has 2 fully saturated rings. The van der Waals surface area contributed by atoms with Gasteiger partial charge in [-0.25, -0.2) is 0 Å². The first-order valence-corrected chi connectivity index (χ1v) is 14.4. The monoisotopic (exact) mass is 573 g/mol. The first kappa shape index (κ1) is 27.2. The summed E-state index contributed by atoms with van der Waals surface area (Å²) in [5, 5.41) is 6.36. The number of piperazine rings is 1. The van der Waals surface area contributed by atoms with Gasteiger partial charge in [-0.3, -0.25) is 34.3 Å². The molecule has 6 rings (SSSR count). The van der Waals surface area contributed by atoms with Crippen molar-refractivity contribution >= 4 is 46.6 Å². The van der Waals surface area contributed by atoms with Crippen LogP contribution in [0.4, 0.5) is 11.4 Å². The molecule has 10 heteroatoms. The van der Waals surface area contributed by atoms with E-state index in [1.54, 1.807) is 18.2 Å². The molecule has 0 aromatic heterocycles. The number of nitrogens with one attached hydrogen (secondary N) is 2. The fourth-order valence-electron chi connectivity index (χ4n) is 5.96. The van der Waals surface area contributed by atoms with E-state index < -0.39 is 23.8 Å². The Morgan fingerprint density at radius 2 is 1.73 bits per heavy atom. The van der Waals surface area contributed by atoms with Gasteiger partial charge in [0.15, 0.2) is 0 Å². The van der Waals surface area contributed by atoms with Gasteiger partial charge in [0.05, 0.1) is 11.1 Å². The minimum atomic E-state index is -0.974. The van der Waals surface area contributed by atoms with Crippen molar-refractivity contribution in [2.75, 3.05) is 49.5 Å². The Morgan fingerprint density at radius 1 is 0.951 bits per heavy atom. The predicted molar refractivity (Wildman–Crippen MR) is 157 cm³/mol. The topological polar surface area (TPSA) is 102 Å². The van der Waals surface area contributed by atoms with Crippen LogP contribution in [0, 0.1) is 5.92 Å². The number of benzene rings is 2. The molecular formula is C31H32ClN5O4. The Bertz CT molecular complexity index is 1440. The summed E-state index contributed by atoms with van der Waals surface area (Å²) in [5.74, 6) is -1.75. The lowest BCUT2D eigenvalue weighted by molar-refractivity contribution is -0.136. The SMILES string of the molecule is O=C1CCC(N2C(=O)c3cccc(NCC4C=CC(CN5CCN(c6ccc(Cl)cc6)CC5)=CC4)c3C2=O)C(=O)N1. The van der Waals surface area contributed by atoms with Gasteiger partial charge >= 0.3 is 0 Å². The normalized spacial score (nSPS) is 23.0. The van der Waals surface area contributed by atoms with E-state index in [1.807, 2.05) is 12.1 Å². The van der Waals surface area contributed by atoms with E-state index in [9.17, 15) is 19.2 Å². The van der Waals surface area contributed by atoms with Crippen molar-refractivity contribution in [3.8, 4) is 0 Å². The molecule has 2 aromatic carbocycles. The highest BCUT2D eigenvalue weighted by Crippen LogP contribution is 2.33. The molecule has 2 atom stereocenters. The van der Waals surface area contributed by atoms with Crippen molar-refractivity contribution in [1.29, 1.82) is 0 Å². The summed E-state index contributed by atoms with van der Waals surface area (Å²) in [6.45, 7) is 5.49. The van der Waals surface area contributed by atoms with Gasteiger partial charge in [0, 0.05) is 62.1 Å². The van der Waals surface area contributed by atoms with Crippen LogP contribution in [0.1, 0.15) is 40.0 Å². The van der Waals surface area contributed by atoms with Crippen LogP contribution in [0.15, 0.2) is 66.3 Å². The maximum atomic E-state index is 13.3. The third kappa shape index (κ3) is 5.64. The standard InChI is InChI=1S/C31H32ClN5O4/c32-22-8-10-23(11-9-22)36-16-14-35(15-17-36)19-21-6-4-20(5-7-21)18-33-25-3-1-2-24-28(25)31(41)37(30(24)40)26-12-13-27(38)34-29(26)39/h1-4,6-11,20,26,33H,5,12-19H2,(H,34,38,39). The number of allylic oxidation sites excluding steroid dienone is 1. The third-order valence-corrected chi connectivity index (χ3v) is 8.51. The average molecular weight is 574 g/mol. The summed E-state index contributed by atoms with van der Waals surface area (Å²) in [5.41, 5.74) is 3.66. The first-order valence-electron chi connectivity index (χ1n) is 14.1. The number of nitrogens with zero attached hydrogens (tertiary/aromatic N) is 3. The number of carbonyl (C=O) groups is 4. The van der Waals surface area contributed by atoms with E-state index in [1.165, 1.54) is 11.3 Å². The summed E-state index contributed by atoms with van der Waals surface area (Å²) in [6, 6.07) is 12.2. The Kier molecular flexibility index (Phi) is 7.64. The van der Waals surface area contributed by atoms with Crippen molar-refractivity contribution in [3.63, 3.8) is 0 Å². The van der Waals surface area contributed by atoms with E-state index in [0.717, 1.165) is 49.1 Å². The third-order valence-electron chi connectivity index (χ3n) is 8.26. The molecule has 9 nitrogen and oxygen atoms in total. The average Bonchev–Trinajstić information content (AvgIpc) is 3.23. The van der Waals surface area contributed by atoms with Crippen molar-refractivity contribution in [3.05, 3.63) is 82.4 Å². The van der Waals surface area contributed by atoms with Gasteiger partial charge in [0.25, 0.3) is 11.8 Å². The molecule has 2 unspecified atom stereocenters. The number of hydrogen-bond acceptors (Lipinski definition) is 7. The molecule has 3 aliphatic heterocycles. The van der Waals surface area contributed by atoms with E-state index in [4.69, 9.17) is 11.6 Å². The molecule has 41 heavy (non-hydrogen) atoms. The summed E-state index contributed by atoms with van der Waals surface area (Å²) in [6.07, 6.45) is 7.80. The summed E-state index contributed by atoms with van der Waals surface area (Å²) >= 11 is 6.03. The smallest absolute Gasteiger partial charge is 0.264 e. The molecule has 0 spiro atoms. The number of fused-ring (bicyclic) bond motifs is 1. The fraction of sp³-hybridized carbons (Fsp3) is 0.355. The van der Waals surface area contributed by atoms with Gasteiger partial charge in [-0.2, -0.15) is 0 Å². The fourth-order valence-corrected chi connectivity index (χ4v) is 6.08. The van der Waals surface area contributed by atoms with Crippen LogP contribution in [0.3, 0.4) is 0 Å². The van der Waals surface area contributed by atoms with Crippen molar-refractivity contribution < 1.29 is 19.2 Å². The number of imide groups is 2. The molecule has 0 saturated carbocycles. The summed E-state index contributed by atoms with van der Waals surface area (Å²) in [4.78, 5) is 56.2. The highest BCUT2D eigenvalue weighted by atomic mass is 35.5. The molecule has 2 aromatic rings. The van der Waals surface area contributed by atoms with E-state index in [-0.39, 0.29) is 35.8 Å². The second-order valence-electron chi connectivity index (χ2n) is 10.9. The first-order chi connectivity index (χ1) is 19.9. The molecule has 4 aliphatic rings. The van der Waals surface area contributed by atoms with Gasteiger partial charge in [0.2, 0.25) is 11.8 Å². The van der Waals surface area contributed by atoms with Crippen molar-refractivity contribution in [2.24, 2.45) is 5.92 Å². The van der Waals surface area contributed by atoms with Crippen LogP contribution in [-0.2, 0) is 9.59 Å². The van der Waals surface area contributed by atoms with Gasteiger partial charge in [-0.1, -0.05) is 35.9 Å². The van der Waals surface area contributed by atoms with Crippen LogP contribution in [0.2, 0.25) is 5.02 Å². The second kappa shape index (κ2) is 11.5. The largest absolute Gasteiger partial charge is 0.384 e. The highest BCUT2D eigenvalue weighted by Gasteiger charge is 2.45. The Morgan fingerprint density at radius 3 is 2.44 bits per heavy atom. The highest BCUT2D eigenvalue weighted by molar-refractivity contribution is 6.30. The number of hydrogen-bond donors (Lipinski definition) is 2. The molecule has 1 aliphatic carbocycles. The van der Waals surface area contributed by atoms with E-state index >= 15 is 0 Å². The van der Waals surface area contributed by atoms with Gasteiger partial charge < -0.3 is 10.2 Å². The minimum absolute atomic E-state index is 0.0953. The van der Waals surface area contributed by atoms with E-state index in [2.05, 4.69) is 50.8 Å². The number of halogens is 1. The zero-order valence-corrected chi connectivity index (χ0v) is 23.4. The zero-order chi connectivity index (χ0) is 28.5. The van der Waals surface area contributed by atoms with Crippen molar-refractivity contribution in [1.82, 2.24) is 15.1 Å². The predicted octanol–water partition coefficient (Wildman–Crippen LogP) is 3.48. The molecular weight excluding hydrogens is 542 g/mol.